The molecule has 0 radical (unpaired) electrons. The molecule has 2 amide bonds. The standard InChI is InChI=1S/C24H30N4O/c1-17(2)21-11-7-12-22(18(3)4)23(21)27-24(29)25-15-19-9-5-6-10-20(19)16-28-14-8-13-26-28/h5-14,17-18H,15-16H2,1-4H3,(H2,25,27,29). The first-order chi connectivity index (χ1) is 14.0. The topological polar surface area (TPSA) is 59.0 Å². The van der Waals surface area contributed by atoms with Gasteiger partial charge in [-0.3, -0.25) is 4.68 Å². The molecule has 0 saturated carbocycles. The van der Waals surface area contributed by atoms with Crippen LogP contribution in [0.25, 0.3) is 0 Å². The van der Waals surface area contributed by atoms with Crippen molar-refractivity contribution in [3.63, 3.8) is 0 Å². The van der Waals surface area contributed by atoms with Crippen LogP contribution in [0.2, 0.25) is 0 Å². The number of benzene rings is 2. The number of carbonyl (C=O) groups is 1. The van der Waals surface area contributed by atoms with Gasteiger partial charge >= 0.3 is 6.03 Å². The highest BCUT2D eigenvalue weighted by Crippen LogP contribution is 2.32. The van der Waals surface area contributed by atoms with Gasteiger partial charge in [-0.1, -0.05) is 70.2 Å². The van der Waals surface area contributed by atoms with Gasteiger partial charge in [-0.25, -0.2) is 4.79 Å². The Kier molecular flexibility index (Phi) is 6.70. The summed E-state index contributed by atoms with van der Waals surface area (Å²) >= 11 is 0. The van der Waals surface area contributed by atoms with E-state index >= 15 is 0 Å². The Morgan fingerprint density at radius 3 is 2.17 bits per heavy atom. The van der Waals surface area contributed by atoms with Crippen LogP contribution in [0.4, 0.5) is 10.5 Å². The zero-order valence-electron chi connectivity index (χ0n) is 17.6. The molecule has 3 rings (SSSR count). The van der Waals surface area contributed by atoms with E-state index in [0.29, 0.717) is 24.9 Å². The van der Waals surface area contributed by atoms with E-state index in [4.69, 9.17) is 0 Å². The molecule has 0 unspecified atom stereocenters. The van der Waals surface area contributed by atoms with Crippen molar-refractivity contribution in [2.24, 2.45) is 0 Å². The number of nitrogens with zero attached hydrogens (tertiary/aromatic N) is 2. The Labute approximate surface area is 173 Å². The normalized spacial score (nSPS) is 11.1. The molecule has 0 saturated heterocycles. The summed E-state index contributed by atoms with van der Waals surface area (Å²) in [6.07, 6.45) is 3.71. The molecule has 0 aliphatic heterocycles. The van der Waals surface area contributed by atoms with Crippen LogP contribution in [0, 0.1) is 0 Å². The van der Waals surface area contributed by atoms with Crippen molar-refractivity contribution in [2.75, 3.05) is 5.32 Å². The fraction of sp³-hybridized carbons (Fsp3) is 0.333. The second-order valence-corrected chi connectivity index (χ2v) is 7.90. The zero-order chi connectivity index (χ0) is 20.8. The summed E-state index contributed by atoms with van der Waals surface area (Å²) in [6.45, 7) is 9.73. The lowest BCUT2D eigenvalue weighted by atomic mass is 9.93. The lowest BCUT2D eigenvalue weighted by molar-refractivity contribution is 0.251. The predicted octanol–water partition coefficient (Wildman–Crippen LogP) is 5.50. The zero-order valence-corrected chi connectivity index (χ0v) is 17.6. The van der Waals surface area contributed by atoms with E-state index in [9.17, 15) is 4.79 Å². The highest BCUT2D eigenvalue weighted by Gasteiger charge is 2.16. The van der Waals surface area contributed by atoms with Gasteiger partial charge in [-0.05, 0) is 40.2 Å². The van der Waals surface area contributed by atoms with Gasteiger partial charge in [0.2, 0.25) is 0 Å². The lowest BCUT2D eigenvalue weighted by Crippen LogP contribution is -2.29. The average molecular weight is 391 g/mol. The molecule has 2 aromatic carbocycles. The minimum Gasteiger partial charge on any atom is -0.334 e. The maximum Gasteiger partial charge on any atom is 0.319 e. The second-order valence-electron chi connectivity index (χ2n) is 7.90. The molecule has 0 spiro atoms. The monoisotopic (exact) mass is 390 g/mol. The van der Waals surface area contributed by atoms with Crippen LogP contribution in [-0.2, 0) is 13.1 Å². The van der Waals surface area contributed by atoms with Crippen LogP contribution in [0.3, 0.4) is 0 Å². The van der Waals surface area contributed by atoms with E-state index in [1.54, 1.807) is 6.20 Å². The van der Waals surface area contributed by atoms with Gasteiger partial charge in [0, 0.05) is 24.6 Å². The summed E-state index contributed by atoms with van der Waals surface area (Å²) in [6, 6.07) is 16.1. The second kappa shape index (κ2) is 9.41. The summed E-state index contributed by atoms with van der Waals surface area (Å²) in [5.74, 6) is 0.664. The molecule has 0 atom stereocenters. The number of amides is 2. The Hall–Kier alpha value is -3.08. The minimum absolute atomic E-state index is 0.186. The Morgan fingerprint density at radius 1 is 0.931 bits per heavy atom. The fourth-order valence-corrected chi connectivity index (χ4v) is 3.48. The van der Waals surface area contributed by atoms with Crippen molar-refractivity contribution >= 4 is 11.7 Å². The van der Waals surface area contributed by atoms with Crippen LogP contribution in [0.1, 0.15) is 61.8 Å². The maximum atomic E-state index is 12.7. The van der Waals surface area contributed by atoms with Crippen LogP contribution in [0.5, 0.6) is 0 Å². The summed E-state index contributed by atoms with van der Waals surface area (Å²) in [4.78, 5) is 12.7. The van der Waals surface area contributed by atoms with Crippen molar-refractivity contribution in [1.82, 2.24) is 15.1 Å². The molecule has 0 aliphatic carbocycles. The summed E-state index contributed by atoms with van der Waals surface area (Å²) in [5, 5.41) is 10.4. The SMILES string of the molecule is CC(C)c1cccc(C(C)C)c1NC(=O)NCc1ccccc1Cn1cccn1. The third-order valence-electron chi connectivity index (χ3n) is 5.06. The van der Waals surface area contributed by atoms with Gasteiger partial charge < -0.3 is 10.6 Å². The Balaban J connectivity index is 1.72. The number of hydrogen-bond donors (Lipinski definition) is 2. The maximum absolute atomic E-state index is 12.7. The number of hydrogen-bond acceptors (Lipinski definition) is 2. The molecule has 3 aromatic rings. The molecule has 2 N–H and O–H groups in total. The molecule has 1 heterocycles. The molecule has 0 fully saturated rings. The van der Waals surface area contributed by atoms with Gasteiger partial charge in [-0.2, -0.15) is 5.10 Å². The van der Waals surface area contributed by atoms with E-state index in [-0.39, 0.29) is 6.03 Å². The number of nitrogens with one attached hydrogen (secondary N) is 2. The van der Waals surface area contributed by atoms with Crippen LogP contribution < -0.4 is 10.6 Å². The van der Waals surface area contributed by atoms with E-state index in [2.05, 4.69) is 67.7 Å². The molecule has 0 bridgehead atoms. The quantitative estimate of drug-likeness (QED) is 0.560. The molecule has 0 aliphatic rings. The molecular formula is C24H30N4O. The number of aromatic nitrogens is 2. The smallest absolute Gasteiger partial charge is 0.319 e. The van der Waals surface area contributed by atoms with E-state index in [1.165, 1.54) is 0 Å². The largest absolute Gasteiger partial charge is 0.334 e. The van der Waals surface area contributed by atoms with Crippen LogP contribution >= 0.6 is 0 Å². The van der Waals surface area contributed by atoms with Gasteiger partial charge in [0.05, 0.1) is 6.54 Å². The van der Waals surface area contributed by atoms with Gasteiger partial charge in [0.1, 0.15) is 0 Å². The first kappa shape index (κ1) is 20.6. The first-order valence-corrected chi connectivity index (χ1v) is 10.2. The number of carbonyl (C=O) groups excluding carboxylic acids is 1. The Bertz CT molecular complexity index is 919. The minimum atomic E-state index is -0.186. The Morgan fingerprint density at radius 2 is 1.59 bits per heavy atom. The van der Waals surface area contributed by atoms with E-state index < -0.39 is 0 Å². The summed E-state index contributed by atoms with van der Waals surface area (Å²) < 4.78 is 1.88. The van der Waals surface area contributed by atoms with Crippen LogP contribution in [0.15, 0.2) is 60.9 Å². The fourth-order valence-electron chi connectivity index (χ4n) is 3.48. The predicted molar refractivity (Wildman–Crippen MR) is 118 cm³/mol. The number of anilines is 1. The van der Waals surface area contributed by atoms with Crippen LogP contribution in [-0.4, -0.2) is 15.8 Å². The summed E-state index contributed by atoms with van der Waals surface area (Å²) in [7, 11) is 0. The molecule has 1 aromatic heterocycles. The molecular weight excluding hydrogens is 360 g/mol. The van der Waals surface area contributed by atoms with E-state index in [0.717, 1.165) is 27.9 Å². The van der Waals surface area contributed by atoms with Crippen molar-refractivity contribution in [3.8, 4) is 0 Å². The highest BCUT2D eigenvalue weighted by atomic mass is 16.2. The van der Waals surface area contributed by atoms with Gasteiger partial charge in [-0.15, -0.1) is 0 Å². The highest BCUT2D eigenvalue weighted by molar-refractivity contribution is 5.91. The first-order valence-electron chi connectivity index (χ1n) is 10.2. The van der Waals surface area contributed by atoms with Gasteiger partial charge in [0.15, 0.2) is 0 Å². The molecule has 29 heavy (non-hydrogen) atoms. The van der Waals surface area contributed by atoms with Crippen molar-refractivity contribution in [2.45, 2.75) is 52.6 Å². The average Bonchev–Trinajstić information content (AvgIpc) is 3.20. The summed E-state index contributed by atoms with van der Waals surface area (Å²) in [5.41, 5.74) is 5.47. The van der Waals surface area contributed by atoms with Crippen molar-refractivity contribution in [1.29, 1.82) is 0 Å². The van der Waals surface area contributed by atoms with Crippen molar-refractivity contribution < 1.29 is 4.79 Å². The van der Waals surface area contributed by atoms with E-state index in [1.807, 2.05) is 35.1 Å². The molecule has 152 valence electrons. The number of para-hydroxylation sites is 1. The third-order valence-corrected chi connectivity index (χ3v) is 5.06. The molecule has 5 heteroatoms. The third kappa shape index (κ3) is 5.25. The van der Waals surface area contributed by atoms with Gasteiger partial charge in [0.25, 0.3) is 0 Å². The lowest BCUT2D eigenvalue weighted by Gasteiger charge is -2.20. The number of urea groups is 1. The molecule has 5 nitrogen and oxygen atoms in total. The van der Waals surface area contributed by atoms with Crippen molar-refractivity contribution in [3.05, 3.63) is 83.2 Å². The number of rotatable bonds is 7.